The maximum Gasteiger partial charge on any atom is 0.255 e. The molecule has 6 amide bonds. The van der Waals surface area contributed by atoms with Crippen LogP contribution in [0.2, 0.25) is 0 Å². The second-order valence-electron chi connectivity index (χ2n) is 19.0. The highest BCUT2D eigenvalue weighted by molar-refractivity contribution is 6.00. The fourth-order valence-corrected chi connectivity index (χ4v) is 8.48. The van der Waals surface area contributed by atoms with E-state index >= 15 is 0 Å². The zero-order chi connectivity index (χ0) is 53.6. The number of carbonyl (C=O) groups excluding carboxylic acids is 6. The number of likely N-dealkylation sites (N-methyl/N-ethyl adjacent to an activating group) is 1. The van der Waals surface area contributed by atoms with E-state index in [9.17, 15) is 34.0 Å². The topological polar surface area (TPSA) is 312 Å². The standard InChI is InChI=1S/C53H70N12O8/c1-9-10-39(62-50(69)44-30(2)59-46(60-31(44)3)34-12-15-36(16-13-34)53(5,6)7)49(68)63-40(19-20-54)52(71)65(8)45-35-14-18-43(73-26-23-57)38(29-35)37-27-33(11-17-42(37)72-25-22-56)28-41(48(67)58-24-21-55)64-47(66)32(4)61-51(45)70/h11-18,27,29,32,39-41,45H,9-10,19-20,22-26,28,54,56-57H2,1-8H3,(H,58,67)(H,61,70)(H,62,69)(H,63,68)(H,64,66). The van der Waals surface area contributed by atoms with Crippen molar-refractivity contribution in [2.45, 2.75) is 110 Å². The first-order valence-corrected chi connectivity index (χ1v) is 24.5. The van der Waals surface area contributed by atoms with Crippen molar-refractivity contribution >= 4 is 35.4 Å². The molecule has 4 bridgehead atoms. The Hall–Kier alpha value is -7.47. The van der Waals surface area contributed by atoms with Gasteiger partial charge in [0.25, 0.3) is 5.91 Å². The molecule has 1 aliphatic heterocycles. The van der Waals surface area contributed by atoms with Crippen LogP contribution in [0.25, 0.3) is 22.5 Å². The van der Waals surface area contributed by atoms with Crippen molar-refractivity contribution < 1.29 is 38.2 Å². The number of nitrogens with one attached hydrogen (secondary N) is 5. The van der Waals surface area contributed by atoms with Gasteiger partial charge in [0.15, 0.2) is 5.82 Å². The summed E-state index contributed by atoms with van der Waals surface area (Å²) in [6, 6.07) is 13.6. The van der Waals surface area contributed by atoms with Crippen LogP contribution in [0.4, 0.5) is 0 Å². The number of ether oxygens (including phenoxy) is 2. The number of fused-ring (bicyclic) bond motifs is 5. The summed E-state index contributed by atoms with van der Waals surface area (Å²) < 4.78 is 12.2. The molecule has 1 aromatic heterocycles. The number of aryl methyl sites for hydroxylation is 2. The van der Waals surface area contributed by atoms with Crippen LogP contribution in [0.15, 0.2) is 60.7 Å². The average Bonchev–Trinajstić information content (AvgIpc) is 3.35. The molecular weight excluding hydrogens is 933 g/mol. The van der Waals surface area contributed by atoms with Crippen molar-refractivity contribution in [2.75, 3.05) is 46.4 Å². The lowest BCUT2D eigenvalue weighted by Crippen LogP contribution is -2.57. The SMILES string of the molecule is CCCC(NC(=O)c1c(C)nc(-c2ccc(C(C)(C)C)cc2)nc1C)C(=O)NC(CCN)C(=O)N(C)C1C(=O)NC(C)C(=O)NC(C(=O)NCC#N)Cc2ccc(OCCN)c(c2)-c2cc1ccc2OCCN. The number of benzene rings is 3. The molecule has 0 aliphatic carbocycles. The number of hydrogen-bond donors (Lipinski definition) is 8. The summed E-state index contributed by atoms with van der Waals surface area (Å²) in [7, 11) is 1.39. The van der Waals surface area contributed by atoms with Crippen LogP contribution >= 0.6 is 0 Å². The number of carbonyl (C=O) groups is 6. The molecule has 5 atom stereocenters. The van der Waals surface area contributed by atoms with E-state index in [1.54, 1.807) is 50.2 Å². The maximum atomic E-state index is 14.8. The van der Waals surface area contributed by atoms with Crippen LogP contribution in [0, 0.1) is 25.2 Å². The average molecular weight is 1000 g/mol. The van der Waals surface area contributed by atoms with Crippen LogP contribution in [0.5, 0.6) is 11.5 Å². The fourth-order valence-electron chi connectivity index (χ4n) is 8.48. The van der Waals surface area contributed by atoms with Gasteiger partial charge in [-0.25, -0.2) is 9.97 Å². The number of amides is 6. The molecule has 11 N–H and O–H groups in total. The van der Waals surface area contributed by atoms with Crippen molar-refractivity contribution in [1.29, 1.82) is 5.26 Å². The van der Waals surface area contributed by atoms with Gasteiger partial charge in [0.05, 0.1) is 23.0 Å². The number of aromatic nitrogens is 2. The fraction of sp³-hybridized carbons (Fsp3) is 0.453. The maximum absolute atomic E-state index is 14.8. The highest BCUT2D eigenvalue weighted by atomic mass is 16.5. The molecule has 3 aromatic carbocycles. The molecule has 0 saturated heterocycles. The molecule has 5 unspecified atom stereocenters. The lowest BCUT2D eigenvalue weighted by atomic mass is 9.86. The van der Waals surface area contributed by atoms with Gasteiger partial charge in [0.1, 0.15) is 61.5 Å². The largest absolute Gasteiger partial charge is 0.492 e. The van der Waals surface area contributed by atoms with E-state index in [0.29, 0.717) is 51.8 Å². The zero-order valence-electron chi connectivity index (χ0n) is 43.0. The summed E-state index contributed by atoms with van der Waals surface area (Å²) in [5.41, 5.74) is 22.5. The van der Waals surface area contributed by atoms with Gasteiger partial charge in [-0.3, -0.25) is 28.8 Å². The predicted octanol–water partition coefficient (Wildman–Crippen LogP) is 2.52. The monoisotopic (exact) mass is 1000 g/mol. The molecule has 1 aliphatic rings. The molecule has 0 radical (unpaired) electrons. The Labute approximate surface area is 426 Å². The normalized spacial score (nSPS) is 16.5. The molecule has 5 rings (SSSR count). The Kier molecular flexibility index (Phi) is 19.9. The third kappa shape index (κ3) is 14.4. The third-order valence-corrected chi connectivity index (χ3v) is 12.3. The first-order chi connectivity index (χ1) is 34.8. The Balaban J connectivity index is 1.51. The van der Waals surface area contributed by atoms with E-state index in [2.05, 4.69) is 57.3 Å². The van der Waals surface area contributed by atoms with E-state index in [4.69, 9.17) is 26.7 Å². The van der Waals surface area contributed by atoms with Crippen molar-refractivity contribution in [3.63, 3.8) is 0 Å². The van der Waals surface area contributed by atoms with Crippen molar-refractivity contribution in [3.05, 3.63) is 94.3 Å². The van der Waals surface area contributed by atoms with E-state index < -0.39 is 65.7 Å². The van der Waals surface area contributed by atoms with Gasteiger partial charge in [-0.15, -0.1) is 0 Å². The van der Waals surface area contributed by atoms with Gasteiger partial charge in [0, 0.05) is 43.2 Å². The highest BCUT2D eigenvalue weighted by Crippen LogP contribution is 2.40. The number of nitrogens with zero attached hydrogens (tertiary/aromatic N) is 4. The quantitative estimate of drug-likeness (QED) is 0.0627. The lowest BCUT2D eigenvalue weighted by Gasteiger charge is -2.33. The van der Waals surface area contributed by atoms with Gasteiger partial charge in [-0.2, -0.15) is 5.26 Å². The first kappa shape index (κ1) is 56.4. The molecule has 20 nitrogen and oxygen atoms in total. The summed E-state index contributed by atoms with van der Waals surface area (Å²) in [6.45, 7) is 13.3. The number of nitriles is 1. The number of hydrogen-bond acceptors (Lipinski definition) is 14. The van der Waals surface area contributed by atoms with Crippen molar-refractivity contribution in [2.24, 2.45) is 17.2 Å². The minimum Gasteiger partial charge on any atom is -0.492 e. The summed E-state index contributed by atoms with van der Waals surface area (Å²) in [4.78, 5) is 95.5. The van der Waals surface area contributed by atoms with Gasteiger partial charge < -0.3 is 58.2 Å². The Bertz CT molecular complexity index is 2660. The van der Waals surface area contributed by atoms with Crippen LogP contribution in [-0.4, -0.2) is 121 Å². The molecule has 0 fully saturated rings. The summed E-state index contributed by atoms with van der Waals surface area (Å²) in [5, 5.41) is 22.7. The van der Waals surface area contributed by atoms with Crippen LogP contribution in [0.1, 0.15) is 98.4 Å². The third-order valence-electron chi connectivity index (χ3n) is 12.3. The Morgan fingerprint density at radius 3 is 2.03 bits per heavy atom. The van der Waals surface area contributed by atoms with Crippen LogP contribution in [-0.2, 0) is 35.8 Å². The molecule has 20 heteroatoms. The van der Waals surface area contributed by atoms with Gasteiger partial charge >= 0.3 is 0 Å². The number of rotatable bonds is 19. The van der Waals surface area contributed by atoms with Crippen molar-refractivity contribution in [1.82, 2.24) is 41.5 Å². The first-order valence-electron chi connectivity index (χ1n) is 24.5. The van der Waals surface area contributed by atoms with E-state index in [1.807, 2.05) is 37.3 Å². The Morgan fingerprint density at radius 1 is 0.836 bits per heavy atom. The smallest absolute Gasteiger partial charge is 0.255 e. The molecule has 0 saturated carbocycles. The zero-order valence-corrected chi connectivity index (χ0v) is 43.0. The minimum absolute atomic E-state index is 0.0161. The lowest BCUT2D eigenvalue weighted by molar-refractivity contribution is -0.143. The molecule has 73 heavy (non-hydrogen) atoms. The Morgan fingerprint density at radius 2 is 1.45 bits per heavy atom. The molecule has 4 aromatic rings. The minimum atomic E-state index is -1.45. The van der Waals surface area contributed by atoms with Gasteiger partial charge in [0.2, 0.25) is 29.5 Å². The van der Waals surface area contributed by atoms with Gasteiger partial charge in [-0.1, -0.05) is 70.5 Å². The van der Waals surface area contributed by atoms with E-state index in [0.717, 1.165) is 16.0 Å². The molecule has 0 spiro atoms. The highest BCUT2D eigenvalue weighted by Gasteiger charge is 2.37. The van der Waals surface area contributed by atoms with E-state index in [1.165, 1.54) is 14.0 Å². The summed E-state index contributed by atoms with van der Waals surface area (Å²) >= 11 is 0. The molecule has 2 heterocycles. The van der Waals surface area contributed by atoms with Gasteiger partial charge in [-0.05, 0) is 86.5 Å². The van der Waals surface area contributed by atoms with Crippen LogP contribution < -0.4 is 53.3 Å². The molecule has 390 valence electrons. The van der Waals surface area contributed by atoms with E-state index in [-0.39, 0.29) is 75.2 Å². The second-order valence-corrected chi connectivity index (χ2v) is 19.0. The number of nitrogens with two attached hydrogens (primary N) is 3. The molecular formula is C53H70N12O8. The second kappa shape index (κ2) is 25.8. The predicted molar refractivity (Wildman–Crippen MR) is 276 cm³/mol. The van der Waals surface area contributed by atoms with Crippen LogP contribution in [0.3, 0.4) is 0 Å². The summed E-state index contributed by atoms with van der Waals surface area (Å²) in [6.07, 6.45) is 0.623. The summed E-state index contributed by atoms with van der Waals surface area (Å²) in [5.74, 6) is -2.91. The van der Waals surface area contributed by atoms with Crippen molar-refractivity contribution in [3.8, 4) is 40.1 Å².